The Bertz CT molecular complexity index is 863. The Morgan fingerprint density at radius 1 is 1.06 bits per heavy atom. The average molecular weight is 433 g/mol. The van der Waals surface area contributed by atoms with Crippen LogP contribution in [0, 0.1) is 6.92 Å². The molecule has 170 valence electrons. The smallest absolute Gasteiger partial charge is 0.318 e. The lowest BCUT2D eigenvalue weighted by Crippen LogP contribution is -2.47. The van der Waals surface area contributed by atoms with Gasteiger partial charge in [0.25, 0.3) is 0 Å². The molecule has 1 heterocycles. The van der Waals surface area contributed by atoms with E-state index >= 15 is 0 Å². The van der Waals surface area contributed by atoms with E-state index in [9.17, 15) is 9.59 Å². The molecule has 0 saturated heterocycles. The number of hydrogen-bond acceptors (Lipinski definition) is 6. The number of hydrogen-bond donors (Lipinski definition) is 1. The highest BCUT2D eigenvalue weighted by Crippen LogP contribution is 2.27. The predicted molar refractivity (Wildman–Crippen MR) is 116 cm³/mol. The zero-order valence-corrected chi connectivity index (χ0v) is 18.9. The number of aromatic nitrogens is 1. The Morgan fingerprint density at radius 3 is 2.35 bits per heavy atom. The summed E-state index contributed by atoms with van der Waals surface area (Å²) in [5, 5.41) is 6.70. The highest BCUT2D eigenvalue weighted by molar-refractivity contribution is 5.84. The van der Waals surface area contributed by atoms with Crippen molar-refractivity contribution in [3.8, 4) is 11.5 Å². The van der Waals surface area contributed by atoms with Gasteiger partial charge in [-0.3, -0.25) is 4.79 Å². The number of rotatable bonds is 11. The normalized spacial score (nSPS) is 10.5. The van der Waals surface area contributed by atoms with E-state index in [0.29, 0.717) is 49.0 Å². The number of amides is 3. The largest absolute Gasteiger partial charge is 0.493 e. The molecule has 0 aliphatic heterocycles. The van der Waals surface area contributed by atoms with Crippen molar-refractivity contribution in [1.82, 2.24) is 20.3 Å². The lowest BCUT2D eigenvalue weighted by atomic mass is 10.1. The molecule has 9 heteroatoms. The van der Waals surface area contributed by atoms with Crippen LogP contribution in [0.4, 0.5) is 4.79 Å². The Balaban J connectivity index is 2.08. The van der Waals surface area contributed by atoms with Crippen LogP contribution >= 0.6 is 0 Å². The fourth-order valence-corrected chi connectivity index (χ4v) is 3.17. The summed E-state index contributed by atoms with van der Waals surface area (Å²) in [6.45, 7) is 7.41. The molecule has 2 aromatic rings. The van der Waals surface area contributed by atoms with Gasteiger partial charge in [-0.05, 0) is 44.9 Å². The zero-order valence-electron chi connectivity index (χ0n) is 18.9. The van der Waals surface area contributed by atoms with Crippen LogP contribution in [0.3, 0.4) is 0 Å². The minimum atomic E-state index is -0.332. The Hall–Kier alpha value is -3.23. The fraction of sp³-hybridized carbons (Fsp3) is 0.500. The molecule has 0 unspecified atom stereocenters. The molecule has 31 heavy (non-hydrogen) atoms. The minimum absolute atomic E-state index is 0.00134. The summed E-state index contributed by atoms with van der Waals surface area (Å²) >= 11 is 0. The molecule has 0 bridgehead atoms. The van der Waals surface area contributed by atoms with Gasteiger partial charge < -0.3 is 29.1 Å². The van der Waals surface area contributed by atoms with Gasteiger partial charge in [0.2, 0.25) is 5.91 Å². The van der Waals surface area contributed by atoms with E-state index in [1.165, 1.54) is 4.90 Å². The van der Waals surface area contributed by atoms with Crippen molar-refractivity contribution in [2.75, 3.05) is 40.4 Å². The van der Waals surface area contributed by atoms with Gasteiger partial charge >= 0.3 is 6.03 Å². The highest BCUT2D eigenvalue weighted by atomic mass is 16.5. The molecule has 1 N–H and O–H groups in total. The second-order valence-electron chi connectivity index (χ2n) is 7.01. The first-order chi connectivity index (χ1) is 14.9. The first-order valence-electron chi connectivity index (χ1n) is 10.3. The summed E-state index contributed by atoms with van der Waals surface area (Å²) < 4.78 is 15.7. The molecule has 0 aliphatic carbocycles. The van der Waals surface area contributed by atoms with Crippen molar-refractivity contribution < 1.29 is 23.6 Å². The van der Waals surface area contributed by atoms with E-state index in [-0.39, 0.29) is 25.0 Å². The van der Waals surface area contributed by atoms with Crippen LogP contribution in [0.5, 0.6) is 11.5 Å². The molecule has 0 radical (unpaired) electrons. The van der Waals surface area contributed by atoms with Crippen molar-refractivity contribution in [3.63, 3.8) is 0 Å². The van der Waals surface area contributed by atoms with Crippen LogP contribution in [-0.2, 0) is 17.8 Å². The number of urea groups is 1. The third kappa shape index (κ3) is 6.91. The van der Waals surface area contributed by atoms with Gasteiger partial charge in [0.05, 0.1) is 20.8 Å². The van der Waals surface area contributed by atoms with E-state index < -0.39 is 0 Å². The number of likely N-dealkylation sites (N-methyl/N-ethyl adjacent to an activating group) is 1. The summed E-state index contributed by atoms with van der Waals surface area (Å²) in [5.41, 5.74) is 1.60. The zero-order chi connectivity index (χ0) is 22.8. The standard InChI is InChI=1S/C22H32N4O5/c1-6-25(7-2)21(27)15-26(22(28)23-14-18-12-16(3)31-24-18)11-10-17-8-9-19(29-4)20(13-17)30-5/h8-9,12-13H,6-7,10-11,14-15H2,1-5H3,(H,23,28). The second kappa shape index (κ2) is 11.8. The topological polar surface area (TPSA) is 97.1 Å². The highest BCUT2D eigenvalue weighted by Gasteiger charge is 2.20. The lowest BCUT2D eigenvalue weighted by molar-refractivity contribution is -0.131. The maximum absolute atomic E-state index is 12.8. The van der Waals surface area contributed by atoms with Gasteiger partial charge in [-0.2, -0.15) is 0 Å². The number of nitrogens with zero attached hydrogens (tertiary/aromatic N) is 3. The van der Waals surface area contributed by atoms with Crippen molar-refractivity contribution in [3.05, 3.63) is 41.3 Å². The third-order valence-electron chi connectivity index (χ3n) is 4.95. The molecule has 1 aromatic carbocycles. The fourth-order valence-electron chi connectivity index (χ4n) is 3.17. The number of aryl methyl sites for hydroxylation is 1. The second-order valence-corrected chi connectivity index (χ2v) is 7.01. The van der Waals surface area contributed by atoms with Crippen LogP contribution in [0.2, 0.25) is 0 Å². The van der Waals surface area contributed by atoms with Crippen LogP contribution in [0.1, 0.15) is 30.9 Å². The number of ether oxygens (including phenoxy) is 2. The van der Waals surface area contributed by atoms with Gasteiger partial charge in [0.15, 0.2) is 11.5 Å². The maximum atomic E-state index is 12.8. The lowest BCUT2D eigenvalue weighted by Gasteiger charge is -2.26. The summed E-state index contributed by atoms with van der Waals surface area (Å²) in [6.07, 6.45) is 0.558. The van der Waals surface area contributed by atoms with E-state index in [2.05, 4.69) is 10.5 Å². The number of carbonyl (C=O) groups is 2. The Labute approximate surface area is 183 Å². The van der Waals surface area contributed by atoms with Gasteiger partial charge in [-0.15, -0.1) is 0 Å². The molecule has 0 fully saturated rings. The van der Waals surface area contributed by atoms with Crippen LogP contribution in [0.15, 0.2) is 28.8 Å². The van der Waals surface area contributed by atoms with Crippen molar-refractivity contribution in [1.29, 1.82) is 0 Å². The van der Waals surface area contributed by atoms with Gasteiger partial charge in [-0.25, -0.2) is 4.79 Å². The summed E-state index contributed by atoms with van der Waals surface area (Å²) in [6, 6.07) is 7.05. The number of benzene rings is 1. The quantitative estimate of drug-likeness (QED) is 0.586. The van der Waals surface area contributed by atoms with E-state index in [1.54, 1.807) is 32.1 Å². The third-order valence-corrected chi connectivity index (χ3v) is 4.95. The van der Waals surface area contributed by atoms with Crippen LogP contribution in [-0.4, -0.2) is 67.3 Å². The number of carbonyl (C=O) groups excluding carboxylic acids is 2. The molecule has 3 amide bonds. The molecule has 2 rings (SSSR count). The SMILES string of the molecule is CCN(CC)C(=O)CN(CCc1ccc(OC)c(OC)c1)C(=O)NCc1cc(C)on1. The summed E-state index contributed by atoms with van der Waals surface area (Å²) in [4.78, 5) is 28.7. The van der Waals surface area contributed by atoms with Crippen molar-refractivity contribution >= 4 is 11.9 Å². The van der Waals surface area contributed by atoms with Gasteiger partial charge in [0.1, 0.15) is 18.0 Å². The Morgan fingerprint density at radius 2 is 1.77 bits per heavy atom. The number of methoxy groups -OCH3 is 2. The van der Waals surface area contributed by atoms with Crippen LogP contribution < -0.4 is 14.8 Å². The van der Waals surface area contributed by atoms with E-state index in [0.717, 1.165) is 5.56 Å². The summed E-state index contributed by atoms with van der Waals surface area (Å²) in [5.74, 6) is 1.84. The molecule has 9 nitrogen and oxygen atoms in total. The monoisotopic (exact) mass is 432 g/mol. The predicted octanol–water partition coefficient (Wildman–Crippen LogP) is 2.62. The van der Waals surface area contributed by atoms with Gasteiger partial charge in [0, 0.05) is 25.7 Å². The van der Waals surface area contributed by atoms with E-state index in [1.807, 2.05) is 32.0 Å². The first kappa shape index (κ1) is 24.0. The molecule has 0 saturated carbocycles. The molecule has 0 atom stereocenters. The van der Waals surface area contributed by atoms with E-state index in [4.69, 9.17) is 14.0 Å². The van der Waals surface area contributed by atoms with Crippen molar-refractivity contribution in [2.45, 2.75) is 33.7 Å². The minimum Gasteiger partial charge on any atom is -0.493 e. The first-order valence-corrected chi connectivity index (χ1v) is 10.3. The number of nitrogens with one attached hydrogen (secondary N) is 1. The molecule has 0 spiro atoms. The molecular formula is C22H32N4O5. The van der Waals surface area contributed by atoms with Crippen molar-refractivity contribution in [2.24, 2.45) is 0 Å². The summed E-state index contributed by atoms with van der Waals surface area (Å²) in [7, 11) is 3.16. The average Bonchev–Trinajstić information content (AvgIpc) is 3.20. The molecule has 1 aromatic heterocycles. The van der Waals surface area contributed by atoms with Gasteiger partial charge in [-0.1, -0.05) is 11.2 Å². The Kier molecular flexibility index (Phi) is 9.17. The molecule has 0 aliphatic rings. The molecular weight excluding hydrogens is 400 g/mol. The van der Waals surface area contributed by atoms with Crippen LogP contribution in [0.25, 0.3) is 0 Å². The maximum Gasteiger partial charge on any atom is 0.318 e.